The van der Waals surface area contributed by atoms with Crippen molar-refractivity contribution < 1.29 is 9.47 Å². The molecular weight excluding hydrogens is 236 g/mol. The van der Waals surface area contributed by atoms with Crippen molar-refractivity contribution in [1.29, 1.82) is 0 Å². The van der Waals surface area contributed by atoms with Crippen molar-refractivity contribution in [2.24, 2.45) is 0 Å². The van der Waals surface area contributed by atoms with Crippen LogP contribution in [-0.2, 0) is 0 Å². The number of hydrogen-bond donors (Lipinski definition) is 0. The van der Waals surface area contributed by atoms with Gasteiger partial charge in [0.2, 0.25) is 5.88 Å². The van der Waals surface area contributed by atoms with Crippen LogP contribution in [-0.4, -0.2) is 22.2 Å². The number of thiophene rings is 1. The molecule has 2 rings (SSSR count). The summed E-state index contributed by atoms with van der Waals surface area (Å²) in [7, 11) is 0. The van der Waals surface area contributed by atoms with Crippen molar-refractivity contribution in [1.82, 2.24) is 9.97 Å². The summed E-state index contributed by atoms with van der Waals surface area (Å²) in [5.41, 5.74) is 0.872. The monoisotopic (exact) mass is 252 g/mol. The Balaban J connectivity index is 2.43. The van der Waals surface area contributed by atoms with E-state index in [9.17, 15) is 0 Å². The molecule has 0 unspecified atom stereocenters. The van der Waals surface area contributed by atoms with Gasteiger partial charge in [0.1, 0.15) is 4.70 Å². The lowest BCUT2D eigenvalue weighted by Crippen LogP contribution is -2.11. The van der Waals surface area contributed by atoms with Crippen LogP contribution >= 0.6 is 11.3 Å². The molecule has 0 amide bonds. The van der Waals surface area contributed by atoms with Crippen molar-refractivity contribution in [2.75, 3.05) is 0 Å². The quantitative estimate of drug-likeness (QED) is 0.837. The second-order valence-corrected chi connectivity index (χ2v) is 5.20. The van der Waals surface area contributed by atoms with Crippen LogP contribution in [0.25, 0.3) is 10.2 Å². The summed E-state index contributed by atoms with van der Waals surface area (Å²) in [5, 5.41) is 1.98. The first-order valence-corrected chi connectivity index (χ1v) is 6.52. The summed E-state index contributed by atoms with van der Waals surface area (Å²) in [6, 6.07) is 2.32. The van der Waals surface area contributed by atoms with Gasteiger partial charge in [0.05, 0.1) is 17.7 Å². The number of aromatic nitrogens is 2. The van der Waals surface area contributed by atoms with E-state index in [-0.39, 0.29) is 12.2 Å². The molecule has 0 aliphatic rings. The van der Waals surface area contributed by atoms with E-state index in [2.05, 4.69) is 9.97 Å². The zero-order chi connectivity index (χ0) is 12.4. The van der Waals surface area contributed by atoms with Crippen LogP contribution in [0.2, 0.25) is 0 Å². The van der Waals surface area contributed by atoms with Crippen molar-refractivity contribution in [2.45, 2.75) is 39.9 Å². The Hall–Kier alpha value is -1.36. The molecule has 92 valence electrons. The normalized spacial score (nSPS) is 11.4. The molecule has 2 heterocycles. The summed E-state index contributed by atoms with van der Waals surface area (Å²) in [6.07, 6.45) is 0.139. The summed E-state index contributed by atoms with van der Waals surface area (Å²) in [5.74, 6) is 0.607. The van der Waals surface area contributed by atoms with E-state index in [0.29, 0.717) is 11.9 Å². The highest BCUT2D eigenvalue weighted by atomic mass is 32.1. The molecule has 0 aromatic carbocycles. The van der Waals surface area contributed by atoms with Gasteiger partial charge in [0, 0.05) is 0 Å². The van der Waals surface area contributed by atoms with Crippen LogP contribution in [0.5, 0.6) is 11.9 Å². The molecular formula is C12H16N2O2S. The van der Waals surface area contributed by atoms with Crippen LogP contribution in [0.4, 0.5) is 0 Å². The van der Waals surface area contributed by atoms with Crippen LogP contribution in [0, 0.1) is 0 Å². The zero-order valence-electron chi connectivity index (χ0n) is 10.4. The maximum atomic E-state index is 5.69. The highest BCUT2D eigenvalue weighted by molar-refractivity contribution is 7.17. The third-order valence-corrected chi connectivity index (χ3v) is 2.83. The fourth-order valence-corrected chi connectivity index (χ4v) is 2.14. The van der Waals surface area contributed by atoms with Gasteiger partial charge in [-0.1, -0.05) is 0 Å². The second-order valence-electron chi connectivity index (χ2n) is 4.28. The van der Waals surface area contributed by atoms with Gasteiger partial charge in [-0.15, -0.1) is 11.3 Å². The average molecular weight is 252 g/mol. The molecule has 0 saturated heterocycles. The largest absolute Gasteiger partial charge is 0.474 e. The van der Waals surface area contributed by atoms with Gasteiger partial charge < -0.3 is 9.47 Å². The van der Waals surface area contributed by atoms with Gasteiger partial charge in [-0.05, 0) is 39.1 Å². The Kier molecular flexibility index (Phi) is 3.47. The molecule has 4 nitrogen and oxygen atoms in total. The molecule has 0 fully saturated rings. The smallest absolute Gasteiger partial charge is 0.320 e. The van der Waals surface area contributed by atoms with Crippen LogP contribution < -0.4 is 9.47 Å². The molecule has 0 saturated carbocycles. The first-order chi connectivity index (χ1) is 8.06. The third kappa shape index (κ3) is 2.85. The van der Waals surface area contributed by atoms with E-state index < -0.39 is 0 Å². The zero-order valence-corrected chi connectivity index (χ0v) is 11.2. The average Bonchev–Trinajstić information content (AvgIpc) is 2.63. The molecule has 5 heteroatoms. The molecule has 0 spiro atoms. The summed E-state index contributed by atoms with van der Waals surface area (Å²) in [4.78, 5) is 8.65. The van der Waals surface area contributed by atoms with Gasteiger partial charge in [0.25, 0.3) is 0 Å². The Morgan fingerprint density at radius 2 is 1.76 bits per heavy atom. The molecule has 0 aliphatic heterocycles. The van der Waals surface area contributed by atoms with E-state index in [0.717, 1.165) is 10.2 Å². The molecule has 0 aliphatic carbocycles. The highest BCUT2D eigenvalue weighted by Crippen LogP contribution is 2.30. The lowest BCUT2D eigenvalue weighted by Gasteiger charge is -2.12. The molecule has 2 aromatic rings. The van der Waals surface area contributed by atoms with Gasteiger partial charge in [-0.2, -0.15) is 9.97 Å². The van der Waals surface area contributed by atoms with Crippen molar-refractivity contribution in [3.63, 3.8) is 0 Å². The van der Waals surface area contributed by atoms with Gasteiger partial charge in [-0.3, -0.25) is 0 Å². The fraction of sp³-hybridized carbons (Fsp3) is 0.500. The Morgan fingerprint density at radius 3 is 2.41 bits per heavy atom. The summed E-state index contributed by atoms with van der Waals surface area (Å²) < 4.78 is 12.2. The second kappa shape index (κ2) is 4.87. The minimum atomic E-state index is 0.0537. The first-order valence-electron chi connectivity index (χ1n) is 5.65. The molecule has 2 aromatic heterocycles. The number of ether oxygens (including phenoxy) is 2. The Morgan fingerprint density at radius 1 is 1.06 bits per heavy atom. The topological polar surface area (TPSA) is 44.2 Å². The van der Waals surface area contributed by atoms with Crippen molar-refractivity contribution in [3.05, 3.63) is 11.4 Å². The van der Waals surface area contributed by atoms with Crippen LogP contribution in [0.15, 0.2) is 11.4 Å². The van der Waals surface area contributed by atoms with Crippen molar-refractivity contribution in [3.8, 4) is 11.9 Å². The van der Waals surface area contributed by atoms with Crippen molar-refractivity contribution >= 4 is 21.6 Å². The molecule has 0 N–H and O–H groups in total. The Bertz CT molecular complexity index is 508. The van der Waals surface area contributed by atoms with E-state index in [1.807, 2.05) is 39.1 Å². The van der Waals surface area contributed by atoms with Crippen LogP contribution in [0.3, 0.4) is 0 Å². The predicted molar refractivity (Wildman–Crippen MR) is 68.9 cm³/mol. The molecule has 0 bridgehead atoms. The van der Waals surface area contributed by atoms with Crippen LogP contribution in [0.1, 0.15) is 27.7 Å². The highest BCUT2D eigenvalue weighted by Gasteiger charge is 2.13. The van der Waals surface area contributed by atoms with Gasteiger partial charge in [0.15, 0.2) is 0 Å². The van der Waals surface area contributed by atoms with E-state index in [1.54, 1.807) is 11.3 Å². The predicted octanol–water partition coefficient (Wildman–Crippen LogP) is 3.27. The standard InChI is InChI=1S/C12H16N2O2S/c1-7(2)15-11-10-9(5-6-17-10)13-12(14-11)16-8(3)4/h5-8H,1-4H3. The maximum absolute atomic E-state index is 5.69. The third-order valence-electron chi connectivity index (χ3n) is 1.94. The lowest BCUT2D eigenvalue weighted by molar-refractivity contribution is 0.207. The summed E-state index contributed by atoms with van der Waals surface area (Å²) in [6.45, 7) is 7.85. The number of fused-ring (bicyclic) bond motifs is 1. The SMILES string of the molecule is CC(C)Oc1nc(OC(C)C)c2sccc2n1. The maximum Gasteiger partial charge on any atom is 0.320 e. The lowest BCUT2D eigenvalue weighted by atomic mass is 10.4. The Labute approximate surface area is 105 Å². The minimum Gasteiger partial charge on any atom is -0.474 e. The molecule has 17 heavy (non-hydrogen) atoms. The first kappa shape index (κ1) is 12.1. The number of hydrogen-bond acceptors (Lipinski definition) is 5. The number of rotatable bonds is 4. The molecule has 0 atom stereocenters. The number of nitrogens with zero attached hydrogens (tertiary/aromatic N) is 2. The van der Waals surface area contributed by atoms with E-state index in [1.165, 1.54) is 0 Å². The minimum absolute atomic E-state index is 0.0537. The van der Waals surface area contributed by atoms with Gasteiger partial charge in [-0.25, -0.2) is 0 Å². The fourth-order valence-electron chi connectivity index (χ4n) is 1.38. The van der Waals surface area contributed by atoms with E-state index >= 15 is 0 Å². The molecule has 0 radical (unpaired) electrons. The summed E-state index contributed by atoms with van der Waals surface area (Å²) >= 11 is 1.58. The van der Waals surface area contributed by atoms with Gasteiger partial charge >= 0.3 is 6.01 Å². The van der Waals surface area contributed by atoms with E-state index in [4.69, 9.17) is 9.47 Å².